The molecule has 1 aliphatic carbocycles. The molecule has 1 N–H and O–H groups in total. The summed E-state index contributed by atoms with van der Waals surface area (Å²) in [6.45, 7) is 1.99. The molecule has 122 valence electrons. The van der Waals surface area contributed by atoms with Crippen LogP contribution < -0.4 is 0 Å². The topological polar surface area (TPSA) is 67.6 Å². The van der Waals surface area contributed by atoms with Crippen LogP contribution in [0.3, 0.4) is 0 Å². The summed E-state index contributed by atoms with van der Waals surface area (Å²) in [5, 5.41) is 14.5. The summed E-state index contributed by atoms with van der Waals surface area (Å²) in [7, 11) is 3.36. The smallest absolute Gasteiger partial charge is 0.308 e. The van der Waals surface area contributed by atoms with Gasteiger partial charge in [0.1, 0.15) is 0 Å². The third-order valence-corrected chi connectivity index (χ3v) is 5.10. The Morgan fingerprint density at radius 2 is 2.32 bits per heavy atom. The van der Waals surface area contributed by atoms with Gasteiger partial charge in [0.25, 0.3) is 0 Å². The molecule has 22 heavy (non-hydrogen) atoms. The first kappa shape index (κ1) is 15.5. The van der Waals surface area contributed by atoms with Crippen molar-refractivity contribution in [1.82, 2.24) is 14.7 Å². The Bertz CT molecular complexity index is 530. The van der Waals surface area contributed by atoms with E-state index in [2.05, 4.69) is 16.2 Å². The largest absolute Gasteiger partial charge is 0.469 e. The SMILES string of the molecule is COC(=O)[C@@H]1C[C@H](O)[C@@H](N2CC[C@@H](Cc3cnn(C)c3)C2)C1. The number of esters is 1. The number of hydrogen-bond donors (Lipinski definition) is 1. The third kappa shape index (κ3) is 3.17. The van der Waals surface area contributed by atoms with Gasteiger partial charge in [-0.15, -0.1) is 0 Å². The van der Waals surface area contributed by atoms with Gasteiger partial charge >= 0.3 is 5.97 Å². The predicted molar refractivity (Wildman–Crippen MR) is 81.1 cm³/mol. The van der Waals surface area contributed by atoms with Crippen molar-refractivity contribution in [1.29, 1.82) is 0 Å². The number of aliphatic hydroxyl groups excluding tert-OH is 1. The predicted octanol–water partition coefficient (Wildman–Crippen LogP) is 0.597. The van der Waals surface area contributed by atoms with Crippen molar-refractivity contribution < 1.29 is 14.6 Å². The van der Waals surface area contributed by atoms with Gasteiger partial charge in [0.2, 0.25) is 0 Å². The number of ether oxygens (including phenoxy) is 1. The first-order valence-corrected chi connectivity index (χ1v) is 8.04. The molecule has 1 saturated heterocycles. The molecule has 2 aliphatic rings. The van der Waals surface area contributed by atoms with Crippen LogP contribution in [0, 0.1) is 11.8 Å². The number of aromatic nitrogens is 2. The number of rotatable bonds is 4. The minimum absolute atomic E-state index is 0.1000. The molecule has 0 radical (unpaired) electrons. The van der Waals surface area contributed by atoms with E-state index in [1.54, 1.807) is 0 Å². The fraction of sp³-hybridized carbons (Fsp3) is 0.750. The quantitative estimate of drug-likeness (QED) is 0.825. The Morgan fingerprint density at radius 1 is 1.50 bits per heavy atom. The number of hydrogen-bond acceptors (Lipinski definition) is 5. The van der Waals surface area contributed by atoms with E-state index in [9.17, 15) is 9.90 Å². The van der Waals surface area contributed by atoms with Gasteiger partial charge in [-0.3, -0.25) is 14.4 Å². The van der Waals surface area contributed by atoms with Crippen LogP contribution >= 0.6 is 0 Å². The van der Waals surface area contributed by atoms with E-state index in [1.807, 2.05) is 17.9 Å². The molecule has 1 aromatic rings. The van der Waals surface area contributed by atoms with Crippen molar-refractivity contribution in [3.63, 3.8) is 0 Å². The zero-order valence-electron chi connectivity index (χ0n) is 13.3. The van der Waals surface area contributed by atoms with Crippen LogP contribution in [0.1, 0.15) is 24.8 Å². The molecule has 2 fully saturated rings. The van der Waals surface area contributed by atoms with Gasteiger partial charge in [-0.2, -0.15) is 5.10 Å². The van der Waals surface area contributed by atoms with Gasteiger partial charge < -0.3 is 9.84 Å². The van der Waals surface area contributed by atoms with Gasteiger partial charge in [0, 0.05) is 25.8 Å². The molecule has 4 atom stereocenters. The van der Waals surface area contributed by atoms with Crippen LogP contribution in [0.4, 0.5) is 0 Å². The molecule has 1 aliphatic heterocycles. The van der Waals surface area contributed by atoms with E-state index in [0.29, 0.717) is 18.8 Å². The molecule has 2 heterocycles. The Kier molecular flexibility index (Phi) is 4.49. The van der Waals surface area contributed by atoms with Crippen molar-refractivity contribution in [2.75, 3.05) is 20.2 Å². The second-order valence-electron chi connectivity index (χ2n) is 6.70. The second-order valence-corrected chi connectivity index (χ2v) is 6.70. The molecule has 0 unspecified atom stereocenters. The Balaban J connectivity index is 1.55. The average molecular weight is 307 g/mol. The lowest BCUT2D eigenvalue weighted by Gasteiger charge is -2.26. The van der Waals surface area contributed by atoms with Gasteiger partial charge in [-0.05, 0) is 43.7 Å². The highest BCUT2D eigenvalue weighted by Gasteiger charge is 2.42. The van der Waals surface area contributed by atoms with Gasteiger partial charge in [-0.1, -0.05) is 0 Å². The molecular weight excluding hydrogens is 282 g/mol. The van der Waals surface area contributed by atoms with Crippen LogP contribution in [0.25, 0.3) is 0 Å². The van der Waals surface area contributed by atoms with Crippen LogP contribution in [-0.2, 0) is 23.0 Å². The summed E-state index contributed by atoms with van der Waals surface area (Å²) >= 11 is 0. The second kappa shape index (κ2) is 6.38. The van der Waals surface area contributed by atoms with Gasteiger partial charge in [0.05, 0.1) is 25.3 Å². The lowest BCUT2D eigenvalue weighted by atomic mass is 10.0. The maximum Gasteiger partial charge on any atom is 0.308 e. The zero-order chi connectivity index (χ0) is 15.7. The van der Waals surface area contributed by atoms with Crippen LogP contribution in [0.5, 0.6) is 0 Å². The van der Waals surface area contributed by atoms with Crippen molar-refractivity contribution in [2.24, 2.45) is 18.9 Å². The van der Waals surface area contributed by atoms with Crippen molar-refractivity contribution >= 4 is 5.97 Å². The maximum absolute atomic E-state index is 11.7. The highest BCUT2D eigenvalue weighted by Crippen LogP contribution is 2.34. The minimum Gasteiger partial charge on any atom is -0.469 e. The molecule has 1 saturated carbocycles. The van der Waals surface area contributed by atoms with Crippen molar-refractivity contribution in [2.45, 2.75) is 37.8 Å². The van der Waals surface area contributed by atoms with E-state index >= 15 is 0 Å². The maximum atomic E-state index is 11.7. The first-order valence-electron chi connectivity index (χ1n) is 8.04. The average Bonchev–Trinajstić information content (AvgIpc) is 3.19. The molecule has 0 amide bonds. The Morgan fingerprint density at radius 3 is 3.00 bits per heavy atom. The fourth-order valence-electron chi connectivity index (χ4n) is 3.99. The minimum atomic E-state index is -0.416. The molecule has 6 heteroatoms. The van der Waals surface area contributed by atoms with Crippen LogP contribution in [0.2, 0.25) is 0 Å². The molecule has 6 nitrogen and oxygen atoms in total. The molecule has 0 spiro atoms. The van der Waals surface area contributed by atoms with Crippen LogP contribution in [-0.4, -0.2) is 58.1 Å². The first-order chi connectivity index (χ1) is 10.6. The number of methoxy groups -OCH3 is 1. The lowest BCUT2D eigenvalue weighted by molar-refractivity contribution is -0.145. The summed E-state index contributed by atoms with van der Waals surface area (Å²) in [6.07, 6.45) is 7.00. The molecular formula is C16H25N3O3. The van der Waals surface area contributed by atoms with E-state index < -0.39 is 6.10 Å². The number of likely N-dealkylation sites (tertiary alicyclic amines) is 1. The Hall–Kier alpha value is -1.40. The lowest BCUT2D eigenvalue weighted by Crippen LogP contribution is -2.39. The number of carbonyl (C=O) groups excluding carboxylic acids is 1. The summed E-state index contributed by atoms with van der Waals surface area (Å²) in [6, 6.07) is 0.1000. The number of carbonyl (C=O) groups is 1. The fourth-order valence-corrected chi connectivity index (χ4v) is 3.99. The number of aliphatic hydroxyl groups is 1. The molecule has 0 bridgehead atoms. The molecule has 0 aromatic carbocycles. The zero-order valence-corrected chi connectivity index (χ0v) is 13.3. The monoisotopic (exact) mass is 307 g/mol. The summed E-state index contributed by atoms with van der Waals surface area (Å²) < 4.78 is 6.66. The van der Waals surface area contributed by atoms with E-state index in [0.717, 1.165) is 25.9 Å². The van der Waals surface area contributed by atoms with Gasteiger partial charge in [-0.25, -0.2) is 0 Å². The van der Waals surface area contributed by atoms with Crippen molar-refractivity contribution in [3.05, 3.63) is 18.0 Å². The highest BCUT2D eigenvalue weighted by atomic mass is 16.5. The Labute approximate surface area is 131 Å². The van der Waals surface area contributed by atoms with E-state index in [4.69, 9.17) is 4.74 Å². The van der Waals surface area contributed by atoms with Crippen LogP contribution in [0.15, 0.2) is 12.4 Å². The highest BCUT2D eigenvalue weighted by molar-refractivity contribution is 5.72. The number of aryl methyl sites for hydroxylation is 1. The summed E-state index contributed by atoms with van der Waals surface area (Å²) in [4.78, 5) is 14.0. The number of nitrogens with zero attached hydrogens (tertiary/aromatic N) is 3. The standard InChI is InChI=1S/C16H25N3O3/c1-18-9-12(8-17-18)5-11-3-4-19(10-11)14-6-13(7-15(14)20)16(21)22-2/h8-9,11,13-15,20H,3-7,10H2,1-2H3/t11-,13-,14-,15-/m0/s1. The summed E-state index contributed by atoms with van der Waals surface area (Å²) in [5.74, 6) is 0.267. The van der Waals surface area contributed by atoms with E-state index in [-0.39, 0.29) is 17.9 Å². The van der Waals surface area contributed by atoms with Crippen molar-refractivity contribution in [3.8, 4) is 0 Å². The molecule has 1 aromatic heterocycles. The van der Waals surface area contributed by atoms with E-state index in [1.165, 1.54) is 12.7 Å². The molecule has 3 rings (SSSR count). The normalized spacial score (nSPS) is 32.5. The van der Waals surface area contributed by atoms with Gasteiger partial charge in [0.15, 0.2) is 0 Å². The third-order valence-electron chi connectivity index (χ3n) is 5.10. The summed E-state index contributed by atoms with van der Waals surface area (Å²) in [5.41, 5.74) is 1.27.